The summed E-state index contributed by atoms with van der Waals surface area (Å²) in [6.45, 7) is 2.02. The van der Waals surface area contributed by atoms with Gasteiger partial charge in [-0.2, -0.15) is 0 Å². The standard InChI is InChI=1S/C11H15NO2/c1-14-11-3-2-9(13)6-10(11)8-4-5-12-7-8/h2-3,6,8,12-13H,4-5,7H2,1H3/t8-/m0/s1. The van der Waals surface area contributed by atoms with Gasteiger partial charge in [-0.3, -0.25) is 0 Å². The summed E-state index contributed by atoms with van der Waals surface area (Å²) in [6.07, 6.45) is 1.11. The van der Waals surface area contributed by atoms with Crippen molar-refractivity contribution in [3.63, 3.8) is 0 Å². The van der Waals surface area contributed by atoms with E-state index in [9.17, 15) is 5.11 Å². The van der Waals surface area contributed by atoms with E-state index in [1.165, 1.54) is 0 Å². The lowest BCUT2D eigenvalue weighted by Crippen LogP contribution is -2.08. The smallest absolute Gasteiger partial charge is 0.122 e. The Morgan fingerprint density at radius 3 is 3.00 bits per heavy atom. The molecule has 1 fully saturated rings. The maximum atomic E-state index is 9.42. The molecule has 1 atom stereocenters. The molecule has 0 unspecified atom stereocenters. The van der Waals surface area contributed by atoms with Gasteiger partial charge in [0.25, 0.3) is 0 Å². The predicted octanol–water partition coefficient (Wildman–Crippen LogP) is 1.48. The zero-order chi connectivity index (χ0) is 9.97. The van der Waals surface area contributed by atoms with Crippen molar-refractivity contribution in [1.82, 2.24) is 5.32 Å². The highest BCUT2D eigenvalue weighted by molar-refractivity contribution is 5.42. The molecule has 1 aliphatic heterocycles. The minimum atomic E-state index is 0.313. The first kappa shape index (κ1) is 9.34. The first-order valence-corrected chi connectivity index (χ1v) is 4.89. The first-order valence-electron chi connectivity index (χ1n) is 4.89. The van der Waals surface area contributed by atoms with Gasteiger partial charge in [-0.1, -0.05) is 0 Å². The molecule has 76 valence electrons. The summed E-state index contributed by atoms with van der Waals surface area (Å²) in [4.78, 5) is 0. The SMILES string of the molecule is COc1ccc(O)cc1[C@H]1CCNC1. The summed E-state index contributed by atoms with van der Waals surface area (Å²) in [5.41, 5.74) is 1.11. The maximum Gasteiger partial charge on any atom is 0.122 e. The van der Waals surface area contributed by atoms with Crippen molar-refractivity contribution in [2.24, 2.45) is 0 Å². The topological polar surface area (TPSA) is 41.5 Å². The number of phenols is 1. The lowest BCUT2D eigenvalue weighted by Gasteiger charge is -2.13. The Balaban J connectivity index is 2.33. The normalized spacial score (nSPS) is 21.1. The molecule has 0 saturated carbocycles. The van der Waals surface area contributed by atoms with Crippen LogP contribution in [0.5, 0.6) is 11.5 Å². The Kier molecular flexibility index (Phi) is 2.59. The molecule has 1 heterocycles. The Bertz CT molecular complexity index is 319. The van der Waals surface area contributed by atoms with Gasteiger partial charge in [0.1, 0.15) is 11.5 Å². The average Bonchev–Trinajstić information content (AvgIpc) is 2.70. The minimum absolute atomic E-state index is 0.313. The third kappa shape index (κ3) is 1.68. The van der Waals surface area contributed by atoms with Gasteiger partial charge in [0, 0.05) is 18.0 Å². The Morgan fingerprint density at radius 2 is 2.36 bits per heavy atom. The number of hydrogen-bond donors (Lipinski definition) is 2. The molecule has 14 heavy (non-hydrogen) atoms. The van der Waals surface area contributed by atoms with E-state index in [-0.39, 0.29) is 0 Å². The molecule has 3 heteroatoms. The Morgan fingerprint density at radius 1 is 1.50 bits per heavy atom. The van der Waals surface area contributed by atoms with Crippen molar-refractivity contribution in [3.8, 4) is 11.5 Å². The Labute approximate surface area is 83.7 Å². The van der Waals surface area contributed by atoms with Crippen LogP contribution >= 0.6 is 0 Å². The molecule has 0 bridgehead atoms. The fourth-order valence-corrected chi connectivity index (χ4v) is 1.96. The quantitative estimate of drug-likeness (QED) is 0.747. The molecule has 0 amide bonds. The Hall–Kier alpha value is -1.22. The van der Waals surface area contributed by atoms with Crippen molar-refractivity contribution < 1.29 is 9.84 Å². The van der Waals surface area contributed by atoms with Gasteiger partial charge in [-0.15, -0.1) is 0 Å². The van der Waals surface area contributed by atoms with Gasteiger partial charge in [0.15, 0.2) is 0 Å². The zero-order valence-corrected chi connectivity index (χ0v) is 8.29. The van der Waals surface area contributed by atoms with Gasteiger partial charge in [0.2, 0.25) is 0 Å². The second-order valence-corrected chi connectivity index (χ2v) is 3.62. The fourth-order valence-electron chi connectivity index (χ4n) is 1.96. The summed E-state index contributed by atoms with van der Waals surface area (Å²) in [5, 5.41) is 12.7. The van der Waals surface area contributed by atoms with Crippen molar-refractivity contribution in [1.29, 1.82) is 0 Å². The van der Waals surface area contributed by atoms with Crippen LogP contribution in [-0.2, 0) is 0 Å². The van der Waals surface area contributed by atoms with Gasteiger partial charge < -0.3 is 15.2 Å². The molecule has 3 nitrogen and oxygen atoms in total. The van der Waals surface area contributed by atoms with E-state index in [2.05, 4.69) is 5.32 Å². The molecule has 0 aliphatic carbocycles. The molecule has 1 aliphatic rings. The molecule has 0 aromatic heterocycles. The fraction of sp³-hybridized carbons (Fsp3) is 0.455. The molecule has 2 N–H and O–H groups in total. The highest BCUT2D eigenvalue weighted by Gasteiger charge is 2.20. The van der Waals surface area contributed by atoms with Crippen LogP contribution in [0.15, 0.2) is 18.2 Å². The molecule has 1 saturated heterocycles. The summed E-state index contributed by atoms with van der Waals surface area (Å²) in [5.74, 6) is 1.65. The number of nitrogens with one attached hydrogen (secondary N) is 1. The number of benzene rings is 1. The van der Waals surface area contributed by atoms with E-state index in [1.807, 2.05) is 6.07 Å². The summed E-state index contributed by atoms with van der Waals surface area (Å²) in [7, 11) is 1.66. The maximum absolute atomic E-state index is 9.42. The molecule has 1 aromatic rings. The molecule has 0 radical (unpaired) electrons. The molecular weight excluding hydrogens is 178 g/mol. The average molecular weight is 193 g/mol. The largest absolute Gasteiger partial charge is 0.508 e. The van der Waals surface area contributed by atoms with Crippen LogP contribution in [-0.4, -0.2) is 25.3 Å². The summed E-state index contributed by atoms with van der Waals surface area (Å²) >= 11 is 0. The monoisotopic (exact) mass is 193 g/mol. The van der Waals surface area contributed by atoms with Crippen LogP contribution < -0.4 is 10.1 Å². The van der Waals surface area contributed by atoms with E-state index in [0.29, 0.717) is 11.7 Å². The van der Waals surface area contributed by atoms with Crippen LogP contribution in [0.3, 0.4) is 0 Å². The van der Waals surface area contributed by atoms with E-state index in [4.69, 9.17) is 4.74 Å². The second-order valence-electron chi connectivity index (χ2n) is 3.62. The molecule has 0 spiro atoms. The number of methoxy groups -OCH3 is 1. The van der Waals surface area contributed by atoms with Gasteiger partial charge >= 0.3 is 0 Å². The van der Waals surface area contributed by atoms with Crippen molar-refractivity contribution in [2.45, 2.75) is 12.3 Å². The van der Waals surface area contributed by atoms with E-state index in [1.54, 1.807) is 19.2 Å². The predicted molar refractivity (Wildman–Crippen MR) is 54.9 cm³/mol. The number of aromatic hydroxyl groups is 1. The number of phenolic OH excluding ortho intramolecular Hbond substituents is 1. The summed E-state index contributed by atoms with van der Waals surface area (Å²) < 4.78 is 5.27. The van der Waals surface area contributed by atoms with Gasteiger partial charge in [-0.05, 0) is 31.2 Å². The van der Waals surface area contributed by atoms with Crippen molar-refractivity contribution in [2.75, 3.05) is 20.2 Å². The molecule has 2 rings (SSSR count). The highest BCUT2D eigenvalue weighted by atomic mass is 16.5. The minimum Gasteiger partial charge on any atom is -0.508 e. The lowest BCUT2D eigenvalue weighted by molar-refractivity contribution is 0.403. The van der Waals surface area contributed by atoms with Crippen LogP contribution in [0, 0.1) is 0 Å². The molecular formula is C11H15NO2. The van der Waals surface area contributed by atoms with Crippen LogP contribution in [0.4, 0.5) is 0 Å². The van der Waals surface area contributed by atoms with E-state index < -0.39 is 0 Å². The third-order valence-corrected chi connectivity index (χ3v) is 2.71. The van der Waals surface area contributed by atoms with Gasteiger partial charge in [0.05, 0.1) is 7.11 Å². The summed E-state index contributed by atoms with van der Waals surface area (Å²) in [6, 6.07) is 5.28. The molecule has 1 aromatic carbocycles. The van der Waals surface area contributed by atoms with Crippen LogP contribution in [0.2, 0.25) is 0 Å². The highest BCUT2D eigenvalue weighted by Crippen LogP contribution is 2.33. The second kappa shape index (κ2) is 3.88. The zero-order valence-electron chi connectivity index (χ0n) is 8.29. The van der Waals surface area contributed by atoms with Crippen LogP contribution in [0.25, 0.3) is 0 Å². The lowest BCUT2D eigenvalue weighted by atomic mass is 9.97. The van der Waals surface area contributed by atoms with E-state index in [0.717, 1.165) is 30.8 Å². The van der Waals surface area contributed by atoms with Crippen molar-refractivity contribution >= 4 is 0 Å². The van der Waals surface area contributed by atoms with Crippen molar-refractivity contribution in [3.05, 3.63) is 23.8 Å². The third-order valence-electron chi connectivity index (χ3n) is 2.71. The van der Waals surface area contributed by atoms with E-state index >= 15 is 0 Å². The first-order chi connectivity index (χ1) is 6.81. The number of rotatable bonds is 2. The number of hydrogen-bond acceptors (Lipinski definition) is 3. The van der Waals surface area contributed by atoms with Gasteiger partial charge in [-0.25, -0.2) is 0 Å². The van der Waals surface area contributed by atoms with Crippen LogP contribution in [0.1, 0.15) is 17.9 Å². The number of ether oxygens (including phenoxy) is 1.